The quantitative estimate of drug-likeness (QED) is 0.414. The number of amides is 2. The fourth-order valence-corrected chi connectivity index (χ4v) is 3.15. The lowest BCUT2D eigenvalue weighted by Gasteiger charge is -2.12. The minimum atomic E-state index is -0.252. The van der Waals surface area contributed by atoms with Crippen molar-refractivity contribution in [1.82, 2.24) is 5.32 Å². The van der Waals surface area contributed by atoms with Gasteiger partial charge in [-0.1, -0.05) is 42.5 Å². The van der Waals surface area contributed by atoms with Crippen molar-refractivity contribution in [2.24, 2.45) is 0 Å². The van der Waals surface area contributed by atoms with Crippen molar-refractivity contribution in [2.45, 2.75) is 13.2 Å². The molecule has 160 valence electrons. The molecule has 0 aliphatic rings. The maximum absolute atomic E-state index is 12.7. The number of carbonyl (C=O) groups is 2. The van der Waals surface area contributed by atoms with Crippen LogP contribution in [0.4, 0.5) is 5.69 Å². The summed E-state index contributed by atoms with van der Waals surface area (Å²) in [5.74, 6) is 0.695. The average Bonchev–Trinajstić information content (AvgIpc) is 3.36. The maximum Gasteiger partial charge on any atom is 0.259 e. The number of para-hydroxylation sites is 2. The fraction of sp³-hybridized carbons (Fsp3) is 0.0769. The molecule has 2 amide bonds. The van der Waals surface area contributed by atoms with E-state index in [0.717, 1.165) is 5.56 Å². The Morgan fingerprint density at radius 2 is 1.62 bits per heavy atom. The van der Waals surface area contributed by atoms with E-state index < -0.39 is 0 Å². The zero-order valence-corrected chi connectivity index (χ0v) is 17.3. The lowest BCUT2D eigenvalue weighted by atomic mass is 10.1. The lowest BCUT2D eigenvalue weighted by Crippen LogP contribution is -2.22. The minimum absolute atomic E-state index is 0.203. The molecule has 4 rings (SSSR count). The molecule has 4 aromatic rings. The first-order valence-electron chi connectivity index (χ1n) is 10.2. The fourth-order valence-electron chi connectivity index (χ4n) is 3.15. The van der Waals surface area contributed by atoms with Gasteiger partial charge in [-0.3, -0.25) is 9.59 Å². The van der Waals surface area contributed by atoms with Crippen LogP contribution in [0.1, 0.15) is 32.0 Å². The second-order valence-electron chi connectivity index (χ2n) is 7.07. The van der Waals surface area contributed by atoms with E-state index in [9.17, 15) is 9.59 Å². The summed E-state index contributed by atoms with van der Waals surface area (Å²) in [5, 5.41) is 5.69. The molecule has 1 heterocycles. The van der Waals surface area contributed by atoms with E-state index in [1.54, 1.807) is 54.8 Å². The SMILES string of the molecule is O=C(NCc1ccco1)c1cccc(COc2ccccc2C(=O)Nc2ccccc2)c1. The number of benzene rings is 3. The Balaban J connectivity index is 1.40. The van der Waals surface area contributed by atoms with Crippen molar-refractivity contribution in [3.05, 3.63) is 120 Å². The molecule has 0 unspecified atom stereocenters. The third-order valence-electron chi connectivity index (χ3n) is 4.75. The first-order valence-corrected chi connectivity index (χ1v) is 10.2. The molecule has 0 aliphatic heterocycles. The summed E-state index contributed by atoms with van der Waals surface area (Å²) in [4.78, 5) is 25.1. The topological polar surface area (TPSA) is 80.6 Å². The van der Waals surface area contributed by atoms with Crippen LogP contribution < -0.4 is 15.4 Å². The van der Waals surface area contributed by atoms with Gasteiger partial charge in [0.15, 0.2) is 0 Å². The van der Waals surface area contributed by atoms with Gasteiger partial charge in [-0.15, -0.1) is 0 Å². The Bertz CT molecular complexity index is 1190. The van der Waals surface area contributed by atoms with Gasteiger partial charge in [0.05, 0.1) is 18.4 Å². The Kier molecular flexibility index (Phi) is 6.63. The summed E-state index contributed by atoms with van der Waals surface area (Å²) in [6, 6.07) is 27.1. The molecule has 32 heavy (non-hydrogen) atoms. The molecule has 0 saturated carbocycles. The van der Waals surface area contributed by atoms with Crippen LogP contribution in [0.25, 0.3) is 0 Å². The van der Waals surface area contributed by atoms with Crippen LogP contribution in [0.2, 0.25) is 0 Å². The zero-order valence-electron chi connectivity index (χ0n) is 17.3. The highest BCUT2D eigenvalue weighted by molar-refractivity contribution is 6.06. The third kappa shape index (κ3) is 5.43. The molecule has 6 nitrogen and oxygen atoms in total. The summed E-state index contributed by atoms with van der Waals surface area (Å²) in [6.45, 7) is 0.533. The van der Waals surface area contributed by atoms with Crippen LogP contribution in [0, 0.1) is 0 Å². The predicted molar refractivity (Wildman–Crippen MR) is 121 cm³/mol. The van der Waals surface area contributed by atoms with Gasteiger partial charge in [0.25, 0.3) is 11.8 Å². The van der Waals surface area contributed by atoms with E-state index in [4.69, 9.17) is 9.15 Å². The smallest absolute Gasteiger partial charge is 0.259 e. The highest BCUT2D eigenvalue weighted by Crippen LogP contribution is 2.21. The monoisotopic (exact) mass is 426 g/mol. The Morgan fingerprint density at radius 1 is 0.812 bits per heavy atom. The van der Waals surface area contributed by atoms with Crippen molar-refractivity contribution >= 4 is 17.5 Å². The number of hydrogen-bond donors (Lipinski definition) is 2. The molecule has 6 heteroatoms. The highest BCUT2D eigenvalue weighted by Gasteiger charge is 2.13. The van der Waals surface area contributed by atoms with Crippen molar-refractivity contribution in [1.29, 1.82) is 0 Å². The van der Waals surface area contributed by atoms with Gasteiger partial charge in [0.2, 0.25) is 0 Å². The van der Waals surface area contributed by atoms with Gasteiger partial charge in [0.1, 0.15) is 18.1 Å². The number of carbonyl (C=O) groups excluding carboxylic acids is 2. The van der Waals surface area contributed by atoms with E-state index >= 15 is 0 Å². The molecule has 0 atom stereocenters. The predicted octanol–water partition coefficient (Wildman–Crippen LogP) is 5.04. The summed E-state index contributed by atoms with van der Waals surface area (Å²) in [7, 11) is 0. The highest BCUT2D eigenvalue weighted by atomic mass is 16.5. The summed E-state index contributed by atoms with van der Waals surface area (Å²) in [6.07, 6.45) is 1.57. The standard InChI is InChI=1S/C26H22N2O4/c29-25(27-17-22-12-7-15-31-22)20-9-6-8-19(16-20)18-32-24-14-5-4-13-23(24)26(30)28-21-10-2-1-3-11-21/h1-16H,17-18H2,(H,27,29)(H,28,30). The van der Waals surface area contributed by atoms with Crippen molar-refractivity contribution in [2.75, 3.05) is 5.32 Å². The van der Waals surface area contributed by atoms with Crippen LogP contribution >= 0.6 is 0 Å². The number of furan rings is 1. The number of anilines is 1. The minimum Gasteiger partial charge on any atom is -0.488 e. The van der Waals surface area contributed by atoms with Gasteiger partial charge < -0.3 is 19.8 Å². The third-order valence-corrected chi connectivity index (χ3v) is 4.75. The molecular weight excluding hydrogens is 404 g/mol. The van der Waals surface area contributed by atoms with E-state index in [1.807, 2.05) is 42.5 Å². The van der Waals surface area contributed by atoms with Crippen molar-refractivity contribution < 1.29 is 18.7 Å². The molecule has 0 fully saturated rings. The van der Waals surface area contributed by atoms with E-state index in [0.29, 0.717) is 34.9 Å². The Hall–Kier alpha value is -4.32. The van der Waals surface area contributed by atoms with Crippen LogP contribution in [-0.4, -0.2) is 11.8 Å². The largest absolute Gasteiger partial charge is 0.488 e. The maximum atomic E-state index is 12.7. The molecule has 0 spiro atoms. The van der Waals surface area contributed by atoms with Crippen LogP contribution in [0.3, 0.4) is 0 Å². The van der Waals surface area contributed by atoms with E-state index in [2.05, 4.69) is 10.6 Å². The van der Waals surface area contributed by atoms with Crippen LogP contribution in [0.5, 0.6) is 5.75 Å². The Morgan fingerprint density at radius 3 is 2.44 bits per heavy atom. The van der Waals surface area contributed by atoms with Crippen molar-refractivity contribution in [3.8, 4) is 5.75 Å². The van der Waals surface area contributed by atoms with E-state index in [-0.39, 0.29) is 18.4 Å². The number of nitrogens with one attached hydrogen (secondary N) is 2. The normalized spacial score (nSPS) is 10.4. The number of hydrogen-bond acceptors (Lipinski definition) is 4. The van der Waals surface area contributed by atoms with E-state index in [1.165, 1.54) is 0 Å². The lowest BCUT2D eigenvalue weighted by molar-refractivity contribution is 0.0947. The van der Waals surface area contributed by atoms with Gasteiger partial charge in [0, 0.05) is 11.3 Å². The van der Waals surface area contributed by atoms with Gasteiger partial charge in [-0.05, 0) is 54.1 Å². The summed E-state index contributed by atoms with van der Waals surface area (Å²) >= 11 is 0. The molecule has 3 aromatic carbocycles. The second-order valence-corrected chi connectivity index (χ2v) is 7.07. The Labute approximate surface area is 185 Å². The molecule has 0 saturated heterocycles. The molecular formula is C26H22N2O4. The van der Waals surface area contributed by atoms with Crippen LogP contribution in [0.15, 0.2) is 102 Å². The van der Waals surface area contributed by atoms with Crippen LogP contribution in [-0.2, 0) is 13.2 Å². The van der Waals surface area contributed by atoms with Gasteiger partial charge >= 0.3 is 0 Å². The molecule has 0 aliphatic carbocycles. The molecule has 2 N–H and O–H groups in total. The number of ether oxygens (including phenoxy) is 1. The zero-order chi connectivity index (χ0) is 22.2. The van der Waals surface area contributed by atoms with Gasteiger partial charge in [-0.25, -0.2) is 0 Å². The number of rotatable bonds is 8. The first-order chi connectivity index (χ1) is 15.7. The summed E-state index contributed by atoms with van der Waals surface area (Å²) < 4.78 is 11.2. The average molecular weight is 426 g/mol. The van der Waals surface area contributed by atoms with Crippen molar-refractivity contribution in [3.63, 3.8) is 0 Å². The van der Waals surface area contributed by atoms with Gasteiger partial charge in [-0.2, -0.15) is 0 Å². The molecule has 0 bridgehead atoms. The summed E-state index contributed by atoms with van der Waals surface area (Å²) in [5.41, 5.74) is 2.48. The first kappa shape index (κ1) is 20.9. The molecule has 1 aromatic heterocycles. The molecule has 0 radical (unpaired) electrons. The second kappa shape index (κ2) is 10.1.